The highest BCUT2D eigenvalue weighted by atomic mass is 16.5. The number of carboxylic acids is 1. The second kappa shape index (κ2) is 5.78. The van der Waals surface area contributed by atoms with Crippen LogP contribution in [0.2, 0.25) is 0 Å². The third-order valence-corrected chi connectivity index (χ3v) is 3.93. The van der Waals surface area contributed by atoms with Gasteiger partial charge in [-0.1, -0.05) is 12.1 Å². The van der Waals surface area contributed by atoms with E-state index >= 15 is 0 Å². The van der Waals surface area contributed by atoms with Crippen molar-refractivity contribution in [3.05, 3.63) is 29.8 Å². The lowest BCUT2D eigenvalue weighted by Gasteiger charge is -2.29. The predicted molar refractivity (Wildman–Crippen MR) is 74.5 cm³/mol. The quantitative estimate of drug-likeness (QED) is 0.741. The van der Waals surface area contributed by atoms with Crippen molar-refractivity contribution in [2.24, 2.45) is 5.92 Å². The number of nitrogens with zero attached hydrogens (tertiary/aromatic N) is 1. The lowest BCUT2D eigenvalue weighted by atomic mass is 9.95. The molecule has 2 atom stereocenters. The van der Waals surface area contributed by atoms with E-state index in [1.165, 1.54) is 0 Å². The van der Waals surface area contributed by atoms with Crippen molar-refractivity contribution in [2.45, 2.75) is 6.04 Å². The van der Waals surface area contributed by atoms with Gasteiger partial charge in [0.1, 0.15) is 0 Å². The zero-order valence-electron chi connectivity index (χ0n) is 11.2. The summed E-state index contributed by atoms with van der Waals surface area (Å²) in [6, 6.07) is 7.95. The SMILES string of the molecule is O=C(O)C1CNNC1c1ccc(N2CCOCC2)cc1. The Balaban J connectivity index is 1.73. The van der Waals surface area contributed by atoms with Crippen molar-refractivity contribution in [3.63, 3.8) is 0 Å². The number of benzene rings is 1. The monoisotopic (exact) mass is 277 g/mol. The molecule has 20 heavy (non-hydrogen) atoms. The molecule has 1 aromatic rings. The largest absolute Gasteiger partial charge is 0.481 e. The molecule has 1 aromatic carbocycles. The number of carboxylic acid groups (broad SMARTS) is 1. The minimum atomic E-state index is -0.773. The number of ether oxygens (including phenoxy) is 1. The molecule has 2 aliphatic heterocycles. The van der Waals surface area contributed by atoms with Gasteiger partial charge in [0.05, 0.1) is 25.2 Å². The number of hydrogen-bond acceptors (Lipinski definition) is 5. The van der Waals surface area contributed by atoms with Crippen LogP contribution in [0.25, 0.3) is 0 Å². The van der Waals surface area contributed by atoms with Crippen LogP contribution in [0.5, 0.6) is 0 Å². The molecule has 0 saturated carbocycles. The second-order valence-electron chi connectivity index (χ2n) is 5.14. The lowest BCUT2D eigenvalue weighted by Crippen LogP contribution is -2.36. The smallest absolute Gasteiger partial charge is 0.309 e. The fraction of sp³-hybridized carbons (Fsp3) is 0.500. The molecule has 0 aromatic heterocycles. The van der Waals surface area contributed by atoms with Crippen LogP contribution in [0.15, 0.2) is 24.3 Å². The normalized spacial score (nSPS) is 26.7. The summed E-state index contributed by atoms with van der Waals surface area (Å²) < 4.78 is 5.34. The van der Waals surface area contributed by atoms with Gasteiger partial charge < -0.3 is 14.7 Å². The molecule has 3 rings (SSSR count). The van der Waals surface area contributed by atoms with Crippen LogP contribution in [0.1, 0.15) is 11.6 Å². The first kappa shape index (κ1) is 13.4. The predicted octanol–water partition coefficient (Wildman–Crippen LogP) is 0.373. The average Bonchev–Trinajstić information content (AvgIpc) is 2.98. The molecule has 2 saturated heterocycles. The highest BCUT2D eigenvalue weighted by Gasteiger charge is 2.33. The lowest BCUT2D eigenvalue weighted by molar-refractivity contribution is -0.141. The third kappa shape index (κ3) is 2.63. The van der Waals surface area contributed by atoms with E-state index in [1.54, 1.807) is 0 Å². The molecule has 0 bridgehead atoms. The Morgan fingerprint density at radius 2 is 1.95 bits per heavy atom. The number of morpholine rings is 1. The Morgan fingerprint density at radius 1 is 1.25 bits per heavy atom. The van der Waals surface area contributed by atoms with E-state index in [0.717, 1.165) is 37.6 Å². The number of anilines is 1. The summed E-state index contributed by atoms with van der Waals surface area (Å²) in [5.74, 6) is -1.20. The Labute approximate surface area is 117 Å². The number of hydrazine groups is 1. The molecule has 2 heterocycles. The van der Waals surface area contributed by atoms with Crippen LogP contribution in [0.3, 0.4) is 0 Å². The zero-order chi connectivity index (χ0) is 13.9. The molecule has 2 unspecified atom stereocenters. The molecule has 0 spiro atoms. The minimum Gasteiger partial charge on any atom is -0.481 e. The van der Waals surface area contributed by atoms with Crippen molar-refractivity contribution >= 4 is 11.7 Å². The molecule has 0 amide bonds. The van der Waals surface area contributed by atoms with E-state index in [0.29, 0.717) is 6.54 Å². The summed E-state index contributed by atoms with van der Waals surface area (Å²) in [5, 5.41) is 9.20. The summed E-state index contributed by atoms with van der Waals surface area (Å²) in [6.45, 7) is 3.78. The number of rotatable bonds is 3. The molecular formula is C14H19N3O3. The first-order chi connectivity index (χ1) is 9.75. The minimum absolute atomic E-state index is 0.175. The maximum atomic E-state index is 11.2. The first-order valence-corrected chi connectivity index (χ1v) is 6.89. The second-order valence-corrected chi connectivity index (χ2v) is 5.14. The highest BCUT2D eigenvalue weighted by Crippen LogP contribution is 2.27. The van der Waals surface area contributed by atoms with Gasteiger partial charge in [0, 0.05) is 25.3 Å². The molecule has 0 aliphatic carbocycles. The standard InChI is InChI=1S/C14H19N3O3/c18-14(19)12-9-15-16-13(12)10-1-3-11(4-2-10)17-5-7-20-8-6-17/h1-4,12-13,15-16H,5-9H2,(H,18,19). The van der Waals surface area contributed by atoms with E-state index in [1.807, 2.05) is 12.1 Å². The molecule has 6 nitrogen and oxygen atoms in total. The van der Waals surface area contributed by atoms with Gasteiger partial charge in [0.2, 0.25) is 0 Å². The Bertz CT molecular complexity index is 471. The molecule has 3 N–H and O–H groups in total. The van der Waals surface area contributed by atoms with Crippen molar-refractivity contribution in [2.75, 3.05) is 37.7 Å². The van der Waals surface area contributed by atoms with E-state index in [4.69, 9.17) is 4.74 Å². The van der Waals surface area contributed by atoms with Gasteiger partial charge in [-0.15, -0.1) is 0 Å². The number of carbonyl (C=O) groups is 1. The van der Waals surface area contributed by atoms with Gasteiger partial charge in [-0.05, 0) is 17.7 Å². The number of hydrogen-bond donors (Lipinski definition) is 3. The maximum Gasteiger partial charge on any atom is 0.309 e. The third-order valence-electron chi connectivity index (χ3n) is 3.93. The molecule has 108 valence electrons. The zero-order valence-corrected chi connectivity index (χ0v) is 11.2. The molecule has 0 radical (unpaired) electrons. The van der Waals surface area contributed by atoms with Crippen molar-refractivity contribution < 1.29 is 14.6 Å². The van der Waals surface area contributed by atoms with E-state index in [9.17, 15) is 9.90 Å². The van der Waals surface area contributed by atoms with Gasteiger partial charge in [0.25, 0.3) is 0 Å². The van der Waals surface area contributed by atoms with Crippen LogP contribution in [0.4, 0.5) is 5.69 Å². The van der Waals surface area contributed by atoms with Crippen LogP contribution in [-0.4, -0.2) is 43.9 Å². The molecule has 2 fully saturated rings. The fourth-order valence-corrected chi connectivity index (χ4v) is 2.76. The summed E-state index contributed by atoms with van der Waals surface area (Å²) >= 11 is 0. The van der Waals surface area contributed by atoms with Gasteiger partial charge in [0.15, 0.2) is 0 Å². The first-order valence-electron chi connectivity index (χ1n) is 6.89. The number of nitrogens with one attached hydrogen (secondary N) is 2. The summed E-state index contributed by atoms with van der Waals surface area (Å²) in [4.78, 5) is 13.5. The molecule has 2 aliphatic rings. The Morgan fingerprint density at radius 3 is 2.60 bits per heavy atom. The van der Waals surface area contributed by atoms with Crippen LogP contribution < -0.4 is 15.8 Å². The van der Waals surface area contributed by atoms with Crippen molar-refractivity contribution in [3.8, 4) is 0 Å². The van der Waals surface area contributed by atoms with Crippen molar-refractivity contribution in [1.29, 1.82) is 0 Å². The van der Waals surface area contributed by atoms with Gasteiger partial charge in [-0.2, -0.15) is 0 Å². The van der Waals surface area contributed by atoms with E-state index in [-0.39, 0.29) is 6.04 Å². The van der Waals surface area contributed by atoms with Gasteiger partial charge in [-0.25, -0.2) is 5.43 Å². The highest BCUT2D eigenvalue weighted by molar-refractivity contribution is 5.72. The van der Waals surface area contributed by atoms with E-state index in [2.05, 4.69) is 27.9 Å². The van der Waals surface area contributed by atoms with Crippen molar-refractivity contribution in [1.82, 2.24) is 10.9 Å². The Kier molecular flexibility index (Phi) is 3.86. The molecule has 6 heteroatoms. The van der Waals surface area contributed by atoms with E-state index < -0.39 is 11.9 Å². The number of aliphatic carboxylic acids is 1. The van der Waals surface area contributed by atoms with Gasteiger partial charge >= 0.3 is 5.97 Å². The van der Waals surface area contributed by atoms with Crippen LogP contribution >= 0.6 is 0 Å². The topological polar surface area (TPSA) is 73.8 Å². The summed E-state index contributed by atoms with van der Waals surface area (Å²) in [5.41, 5.74) is 8.12. The summed E-state index contributed by atoms with van der Waals surface area (Å²) in [7, 11) is 0. The average molecular weight is 277 g/mol. The van der Waals surface area contributed by atoms with Gasteiger partial charge in [-0.3, -0.25) is 10.2 Å². The Hall–Kier alpha value is -1.63. The fourth-order valence-electron chi connectivity index (χ4n) is 2.76. The van der Waals surface area contributed by atoms with Crippen LogP contribution in [-0.2, 0) is 9.53 Å². The maximum absolute atomic E-state index is 11.2. The summed E-state index contributed by atoms with van der Waals surface area (Å²) in [6.07, 6.45) is 0. The molecular weight excluding hydrogens is 258 g/mol. The van der Waals surface area contributed by atoms with Crippen LogP contribution in [0, 0.1) is 5.92 Å².